The Kier molecular flexibility index (Phi) is 49.2. The molecule has 0 aromatic rings. The predicted octanol–water partition coefficient (Wildman–Crippen LogP) is 16.3. The van der Waals surface area contributed by atoms with Crippen molar-refractivity contribution in [1.82, 2.24) is 0 Å². The van der Waals surface area contributed by atoms with Gasteiger partial charge in [0, 0.05) is 19.3 Å². The summed E-state index contributed by atoms with van der Waals surface area (Å²) in [5.41, 5.74) is 0. The standard InChI is InChI=1S/C65H112O12/c1-4-7-10-13-16-19-22-25-28-29-32-33-36-39-42-45-48-51-57(66)73-54-56(75-58(67)52-49-46-43-40-37-34-30-26-23-20-17-14-11-8-5-2)55-74-65-63(61(70)60(69)62(77-65)64(71)72)76-59(68)53-50-47-44-41-38-35-31-27-24-21-18-15-12-9-6-3/h7,10,16,19,25,27-28,31-33,56,60-63,65,69-70H,4-6,8-9,11-15,17-18,20-24,26,29-30,34-55H2,1-3H3,(H,71,72)/b10-7-,19-16-,28-25-,31-27-,33-32-. The number of esters is 3. The van der Waals surface area contributed by atoms with Gasteiger partial charge in [0.25, 0.3) is 0 Å². The molecule has 3 N–H and O–H groups in total. The van der Waals surface area contributed by atoms with E-state index >= 15 is 0 Å². The van der Waals surface area contributed by atoms with E-state index in [2.05, 4.69) is 81.5 Å². The van der Waals surface area contributed by atoms with Crippen molar-refractivity contribution in [2.24, 2.45) is 0 Å². The van der Waals surface area contributed by atoms with Gasteiger partial charge in [0.2, 0.25) is 0 Å². The zero-order valence-electron chi connectivity index (χ0n) is 49.0. The lowest BCUT2D eigenvalue weighted by molar-refractivity contribution is -0.301. The van der Waals surface area contributed by atoms with Crippen LogP contribution in [0.25, 0.3) is 0 Å². The number of carboxylic acid groups (broad SMARTS) is 1. The average Bonchev–Trinajstić information content (AvgIpc) is 3.42. The van der Waals surface area contributed by atoms with Crippen LogP contribution in [-0.4, -0.2) is 89.2 Å². The van der Waals surface area contributed by atoms with Crippen LogP contribution in [-0.2, 0) is 42.9 Å². The van der Waals surface area contributed by atoms with Crippen LogP contribution in [0.4, 0.5) is 0 Å². The molecule has 77 heavy (non-hydrogen) atoms. The van der Waals surface area contributed by atoms with E-state index in [0.717, 1.165) is 109 Å². The molecule has 0 aromatic heterocycles. The molecule has 0 radical (unpaired) electrons. The number of hydrogen-bond donors (Lipinski definition) is 3. The number of aliphatic hydroxyl groups excluding tert-OH is 2. The number of ether oxygens (including phenoxy) is 5. The molecule has 1 fully saturated rings. The fourth-order valence-corrected chi connectivity index (χ4v) is 9.30. The summed E-state index contributed by atoms with van der Waals surface area (Å²) in [5.74, 6) is -3.14. The summed E-state index contributed by atoms with van der Waals surface area (Å²) in [6.45, 7) is 5.88. The number of rotatable bonds is 53. The molecule has 0 saturated carbocycles. The van der Waals surface area contributed by atoms with E-state index in [1.165, 1.54) is 109 Å². The first-order valence-corrected chi connectivity index (χ1v) is 31.3. The summed E-state index contributed by atoms with van der Waals surface area (Å²) in [6.07, 6.45) is 53.2. The number of carboxylic acids is 1. The van der Waals surface area contributed by atoms with Gasteiger partial charge in [-0.3, -0.25) is 14.4 Å². The molecule has 1 rings (SSSR count). The van der Waals surface area contributed by atoms with Gasteiger partial charge in [0.1, 0.15) is 18.8 Å². The van der Waals surface area contributed by atoms with Crippen molar-refractivity contribution in [1.29, 1.82) is 0 Å². The first-order chi connectivity index (χ1) is 37.6. The van der Waals surface area contributed by atoms with Crippen molar-refractivity contribution in [2.45, 2.75) is 314 Å². The molecule has 1 aliphatic heterocycles. The minimum atomic E-state index is -1.91. The van der Waals surface area contributed by atoms with Crippen LogP contribution in [0.5, 0.6) is 0 Å². The number of allylic oxidation sites excluding steroid dienone is 10. The Morgan fingerprint density at radius 2 is 0.818 bits per heavy atom. The van der Waals surface area contributed by atoms with Crippen molar-refractivity contribution in [2.75, 3.05) is 13.2 Å². The summed E-state index contributed by atoms with van der Waals surface area (Å²) in [7, 11) is 0. The molecule has 6 atom stereocenters. The Labute approximate surface area is 468 Å². The fraction of sp³-hybridized carbons (Fsp3) is 0.785. The van der Waals surface area contributed by atoms with Crippen molar-refractivity contribution < 1.29 is 58.2 Å². The first kappa shape index (κ1) is 71.4. The van der Waals surface area contributed by atoms with Crippen LogP contribution < -0.4 is 0 Å². The maximum Gasteiger partial charge on any atom is 0.335 e. The molecular formula is C65H112O12. The molecule has 12 heteroatoms. The van der Waals surface area contributed by atoms with E-state index in [9.17, 15) is 34.5 Å². The molecule has 0 aromatic carbocycles. The Bertz CT molecular complexity index is 1570. The van der Waals surface area contributed by atoms with E-state index in [0.29, 0.717) is 19.3 Å². The molecule has 0 bridgehead atoms. The van der Waals surface area contributed by atoms with E-state index < -0.39 is 67.3 Å². The van der Waals surface area contributed by atoms with Gasteiger partial charge in [-0.2, -0.15) is 0 Å². The second-order valence-corrected chi connectivity index (χ2v) is 21.3. The monoisotopic (exact) mass is 1080 g/mol. The summed E-state index contributed by atoms with van der Waals surface area (Å²) in [6, 6.07) is 0. The zero-order valence-corrected chi connectivity index (χ0v) is 49.0. The van der Waals surface area contributed by atoms with Gasteiger partial charge in [-0.1, -0.05) is 236 Å². The highest BCUT2D eigenvalue weighted by Crippen LogP contribution is 2.26. The van der Waals surface area contributed by atoms with Crippen LogP contribution in [0.3, 0.4) is 0 Å². The minimum Gasteiger partial charge on any atom is -0.479 e. The van der Waals surface area contributed by atoms with Gasteiger partial charge >= 0.3 is 23.9 Å². The van der Waals surface area contributed by atoms with Crippen LogP contribution in [0, 0.1) is 0 Å². The topological polar surface area (TPSA) is 175 Å². The quantitative estimate of drug-likeness (QED) is 0.0228. The number of aliphatic carboxylic acids is 1. The van der Waals surface area contributed by atoms with Crippen molar-refractivity contribution >= 4 is 23.9 Å². The molecule has 6 unspecified atom stereocenters. The van der Waals surface area contributed by atoms with Gasteiger partial charge in [-0.25, -0.2) is 4.79 Å². The Morgan fingerprint density at radius 3 is 1.26 bits per heavy atom. The minimum absolute atomic E-state index is 0.0489. The molecular weight excluding hydrogens is 973 g/mol. The van der Waals surface area contributed by atoms with Gasteiger partial charge in [0.05, 0.1) is 6.61 Å². The smallest absolute Gasteiger partial charge is 0.335 e. The van der Waals surface area contributed by atoms with Crippen LogP contribution in [0.15, 0.2) is 60.8 Å². The molecule has 1 aliphatic rings. The first-order valence-electron chi connectivity index (χ1n) is 31.3. The zero-order chi connectivity index (χ0) is 56.1. The lowest BCUT2D eigenvalue weighted by Crippen LogP contribution is -2.61. The number of carbonyl (C=O) groups excluding carboxylic acids is 3. The predicted molar refractivity (Wildman–Crippen MR) is 312 cm³/mol. The molecule has 1 heterocycles. The van der Waals surface area contributed by atoms with Crippen LogP contribution in [0.1, 0.15) is 278 Å². The molecule has 0 spiro atoms. The van der Waals surface area contributed by atoms with E-state index in [4.69, 9.17) is 23.7 Å². The maximum atomic E-state index is 13.2. The van der Waals surface area contributed by atoms with Gasteiger partial charge in [-0.15, -0.1) is 0 Å². The lowest BCUT2D eigenvalue weighted by atomic mass is 9.98. The summed E-state index contributed by atoms with van der Waals surface area (Å²) in [4.78, 5) is 51.2. The molecule has 1 saturated heterocycles. The van der Waals surface area contributed by atoms with E-state index in [-0.39, 0.29) is 25.9 Å². The van der Waals surface area contributed by atoms with Crippen LogP contribution in [0.2, 0.25) is 0 Å². The Morgan fingerprint density at radius 1 is 0.442 bits per heavy atom. The van der Waals surface area contributed by atoms with Crippen LogP contribution >= 0.6 is 0 Å². The number of hydrogen-bond acceptors (Lipinski definition) is 11. The number of aliphatic hydroxyl groups is 2. The van der Waals surface area contributed by atoms with Gasteiger partial charge in [-0.05, 0) is 83.5 Å². The second-order valence-electron chi connectivity index (χ2n) is 21.3. The lowest BCUT2D eigenvalue weighted by Gasteiger charge is -2.40. The molecule has 12 nitrogen and oxygen atoms in total. The van der Waals surface area contributed by atoms with Crippen molar-refractivity contribution in [3.05, 3.63) is 60.8 Å². The SMILES string of the molecule is CC/C=C\C/C=C\C/C=C\C/C=C\CCCCCCC(=O)OCC(COC1OC(C(=O)O)C(O)C(O)C1OC(=O)CCCCCCC/C=C\CCCCCCCC)OC(=O)CCCCCCCCCCCCCCCCC. The summed E-state index contributed by atoms with van der Waals surface area (Å²) < 4.78 is 28.5. The highest BCUT2D eigenvalue weighted by Gasteiger charge is 2.50. The van der Waals surface area contributed by atoms with Crippen molar-refractivity contribution in [3.63, 3.8) is 0 Å². The summed E-state index contributed by atoms with van der Waals surface area (Å²) >= 11 is 0. The van der Waals surface area contributed by atoms with Gasteiger partial charge in [0.15, 0.2) is 24.6 Å². The Balaban J connectivity index is 2.69. The van der Waals surface area contributed by atoms with Gasteiger partial charge < -0.3 is 39.0 Å². The average molecular weight is 1090 g/mol. The fourth-order valence-electron chi connectivity index (χ4n) is 9.30. The Hall–Kier alpha value is -3.58. The molecule has 0 aliphatic carbocycles. The maximum absolute atomic E-state index is 13.2. The second kappa shape index (κ2) is 53.1. The molecule has 444 valence electrons. The largest absolute Gasteiger partial charge is 0.479 e. The normalized spacial score (nSPS) is 18.4. The summed E-state index contributed by atoms with van der Waals surface area (Å²) in [5, 5.41) is 31.5. The third kappa shape index (κ3) is 43.0. The molecule has 0 amide bonds. The van der Waals surface area contributed by atoms with E-state index in [1.54, 1.807) is 0 Å². The van der Waals surface area contributed by atoms with Crippen molar-refractivity contribution in [3.8, 4) is 0 Å². The third-order valence-electron chi connectivity index (χ3n) is 14.1. The van der Waals surface area contributed by atoms with E-state index in [1.807, 2.05) is 0 Å². The number of carbonyl (C=O) groups is 4. The third-order valence-corrected chi connectivity index (χ3v) is 14.1. The highest BCUT2D eigenvalue weighted by molar-refractivity contribution is 5.74. The highest BCUT2D eigenvalue weighted by atomic mass is 16.7. The number of unbranched alkanes of at least 4 members (excludes halogenated alkanes) is 29.